The van der Waals surface area contributed by atoms with Gasteiger partial charge in [-0.2, -0.15) is 0 Å². The van der Waals surface area contributed by atoms with Crippen molar-refractivity contribution in [2.45, 2.75) is 58.1 Å². The summed E-state index contributed by atoms with van der Waals surface area (Å²) in [5, 5.41) is 10.7. The first-order chi connectivity index (χ1) is 8.93. The molecule has 1 rings (SSSR count). The Balaban J connectivity index is 2.87. The molecule has 0 saturated heterocycles. The standard InChI is InChI=1S/C16H26ClNO/c1-4-14(19)10-15(16(18)9-11(2)3)12-5-7-13(17)8-6-12/h5-8,11,14-16,19H,4,9-10,18H2,1-3H3. The van der Waals surface area contributed by atoms with Crippen LogP contribution in [-0.4, -0.2) is 17.3 Å². The quantitative estimate of drug-likeness (QED) is 0.796. The maximum atomic E-state index is 9.95. The summed E-state index contributed by atoms with van der Waals surface area (Å²) in [5.41, 5.74) is 7.52. The van der Waals surface area contributed by atoms with Crippen LogP contribution in [-0.2, 0) is 0 Å². The molecule has 0 radical (unpaired) electrons. The van der Waals surface area contributed by atoms with Crippen molar-refractivity contribution in [1.82, 2.24) is 0 Å². The van der Waals surface area contributed by atoms with Gasteiger partial charge in [-0.25, -0.2) is 0 Å². The summed E-state index contributed by atoms with van der Waals surface area (Å²) in [5.74, 6) is 0.748. The number of nitrogens with two attached hydrogens (primary N) is 1. The van der Waals surface area contributed by atoms with E-state index in [1.807, 2.05) is 31.2 Å². The van der Waals surface area contributed by atoms with E-state index in [9.17, 15) is 5.11 Å². The van der Waals surface area contributed by atoms with Crippen molar-refractivity contribution in [1.29, 1.82) is 0 Å². The highest BCUT2D eigenvalue weighted by atomic mass is 35.5. The van der Waals surface area contributed by atoms with E-state index in [1.54, 1.807) is 0 Å². The topological polar surface area (TPSA) is 46.2 Å². The van der Waals surface area contributed by atoms with Crippen molar-refractivity contribution in [2.75, 3.05) is 0 Å². The van der Waals surface area contributed by atoms with Crippen molar-refractivity contribution in [2.24, 2.45) is 11.7 Å². The van der Waals surface area contributed by atoms with Crippen LogP contribution in [0.3, 0.4) is 0 Å². The Morgan fingerprint density at radius 3 is 2.21 bits per heavy atom. The molecule has 3 unspecified atom stereocenters. The summed E-state index contributed by atoms with van der Waals surface area (Å²) < 4.78 is 0. The van der Waals surface area contributed by atoms with Crippen LogP contribution in [0.2, 0.25) is 5.02 Å². The van der Waals surface area contributed by atoms with Crippen molar-refractivity contribution in [3.05, 3.63) is 34.9 Å². The summed E-state index contributed by atoms with van der Waals surface area (Å²) in [7, 11) is 0. The molecule has 0 bridgehead atoms. The molecule has 2 nitrogen and oxygen atoms in total. The smallest absolute Gasteiger partial charge is 0.0544 e. The molecule has 1 aromatic carbocycles. The van der Waals surface area contributed by atoms with Crippen LogP contribution in [0.1, 0.15) is 51.5 Å². The van der Waals surface area contributed by atoms with Gasteiger partial charge in [0.1, 0.15) is 0 Å². The number of hydrogen-bond acceptors (Lipinski definition) is 2. The number of aliphatic hydroxyl groups excluding tert-OH is 1. The van der Waals surface area contributed by atoms with Gasteiger partial charge in [0.05, 0.1) is 6.10 Å². The van der Waals surface area contributed by atoms with E-state index in [0.717, 1.165) is 17.9 Å². The number of benzene rings is 1. The highest BCUT2D eigenvalue weighted by Gasteiger charge is 2.23. The van der Waals surface area contributed by atoms with Gasteiger partial charge in [-0.15, -0.1) is 0 Å². The lowest BCUT2D eigenvalue weighted by Crippen LogP contribution is -2.32. The summed E-state index contributed by atoms with van der Waals surface area (Å²) in [4.78, 5) is 0. The lowest BCUT2D eigenvalue weighted by molar-refractivity contribution is 0.144. The first kappa shape index (κ1) is 16.5. The number of halogens is 1. The van der Waals surface area contributed by atoms with Gasteiger partial charge in [0.25, 0.3) is 0 Å². The summed E-state index contributed by atoms with van der Waals surface area (Å²) in [6, 6.07) is 7.90. The molecule has 0 aliphatic heterocycles. The van der Waals surface area contributed by atoms with E-state index in [2.05, 4.69) is 13.8 Å². The van der Waals surface area contributed by atoms with E-state index in [1.165, 1.54) is 5.56 Å². The Morgan fingerprint density at radius 1 is 1.16 bits per heavy atom. The highest BCUT2D eigenvalue weighted by molar-refractivity contribution is 6.30. The summed E-state index contributed by atoms with van der Waals surface area (Å²) in [6.07, 6.45) is 2.15. The molecule has 0 aliphatic carbocycles. The minimum Gasteiger partial charge on any atom is -0.393 e. The molecular weight excluding hydrogens is 258 g/mol. The monoisotopic (exact) mass is 283 g/mol. The largest absolute Gasteiger partial charge is 0.393 e. The Kier molecular flexibility index (Phi) is 6.84. The second-order valence-corrected chi connectivity index (χ2v) is 6.19. The number of hydrogen-bond donors (Lipinski definition) is 2. The molecule has 0 fully saturated rings. The lowest BCUT2D eigenvalue weighted by Gasteiger charge is -2.27. The third-order valence-corrected chi connectivity index (χ3v) is 3.81. The molecule has 108 valence electrons. The van der Waals surface area contributed by atoms with Crippen molar-refractivity contribution < 1.29 is 5.11 Å². The lowest BCUT2D eigenvalue weighted by atomic mass is 9.83. The predicted molar refractivity (Wildman–Crippen MR) is 82.5 cm³/mol. The fourth-order valence-electron chi connectivity index (χ4n) is 2.44. The molecule has 0 heterocycles. The fourth-order valence-corrected chi connectivity index (χ4v) is 2.56. The second kappa shape index (κ2) is 7.88. The molecule has 3 N–H and O–H groups in total. The second-order valence-electron chi connectivity index (χ2n) is 5.75. The zero-order chi connectivity index (χ0) is 14.4. The molecule has 19 heavy (non-hydrogen) atoms. The van der Waals surface area contributed by atoms with Gasteiger partial charge in [0.2, 0.25) is 0 Å². The minimum atomic E-state index is -0.293. The van der Waals surface area contributed by atoms with Gasteiger partial charge >= 0.3 is 0 Å². The van der Waals surface area contributed by atoms with Crippen molar-refractivity contribution >= 4 is 11.6 Å². The average Bonchev–Trinajstić information content (AvgIpc) is 2.36. The third kappa shape index (κ3) is 5.52. The zero-order valence-electron chi connectivity index (χ0n) is 12.1. The van der Waals surface area contributed by atoms with E-state index >= 15 is 0 Å². The first-order valence-corrected chi connectivity index (χ1v) is 7.50. The summed E-state index contributed by atoms with van der Waals surface area (Å²) >= 11 is 5.93. The summed E-state index contributed by atoms with van der Waals surface area (Å²) in [6.45, 7) is 6.35. The average molecular weight is 284 g/mol. The van der Waals surface area contributed by atoms with Gasteiger partial charge in [-0.05, 0) is 42.9 Å². The number of rotatable bonds is 7. The molecule has 0 spiro atoms. The molecule has 0 aromatic heterocycles. The van der Waals surface area contributed by atoms with Crippen LogP contribution >= 0.6 is 11.6 Å². The molecule has 0 saturated carbocycles. The highest BCUT2D eigenvalue weighted by Crippen LogP contribution is 2.29. The van der Waals surface area contributed by atoms with Crippen LogP contribution in [0.25, 0.3) is 0 Å². The molecule has 1 aromatic rings. The van der Waals surface area contributed by atoms with Gasteiger partial charge in [0.15, 0.2) is 0 Å². The van der Waals surface area contributed by atoms with Crippen LogP contribution in [0, 0.1) is 5.92 Å². The normalized spacial score (nSPS) is 16.4. The fraction of sp³-hybridized carbons (Fsp3) is 0.625. The maximum absolute atomic E-state index is 9.95. The molecule has 3 heteroatoms. The van der Waals surface area contributed by atoms with Crippen molar-refractivity contribution in [3.8, 4) is 0 Å². The van der Waals surface area contributed by atoms with Crippen LogP contribution in [0.5, 0.6) is 0 Å². The van der Waals surface area contributed by atoms with E-state index in [-0.39, 0.29) is 18.1 Å². The maximum Gasteiger partial charge on any atom is 0.0544 e. The third-order valence-electron chi connectivity index (χ3n) is 3.56. The Hall–Kier alpha value is -0.570. The predicted octanol–water partition coefficient (Wildman–Crippen LogP) is 3.96. The Morgan fingerprint density at radius 2 is 1.74 bits per heavy atom. The first-order valence-electron chi connectivity index (χ1n) is 7.13. The molecule has 0 aliphatic rings. The molecule has 0 amide bonds. The zero-order valence-corrected chi connectivity index (χ0v) is 12.9. The van der Waals surface area contributed by atoms with E-state index in [0.29, 0.717) is 12.3 Å². The SMILES string of the molecule is CCC(O)CC(c1ccc(Cl)cc1)C(N)CC(C)C. The minimum absolute atomic E-state index is 0.0716. The number of aliphatic hydroxyl groups is 1. The van der Waals surface area contributed by atoms with E-state index in [4.69, 9.17) is 17.3 Å². The van der Waals surface area contributed by atoms with Gasteiger partial charge in [-0.1, -0.05) is 44.5 Å². The molecule has 3 atom stereocenters. The van der Waals surface area contributed by atoms with Gasteiger partial charge in [-0.3, -0.25) is 0 Å². The van der Waals surface area contributed by atoms with E-state index < -0.39 is 0 Å². The van der Waals surface area contributed by atoms with Crippen LogP contribution in [0.4, 0.5) is 0 Å². The Labute approximate surface area is 122 Å². The van der Waals surface area contributed by atoms with Crippen molar-refractivity contribution in [3.63, 3.8) is 0 Å². The molecular formula is C16H26ClNO. The Bertz CT molecular complexity index is 364. The van der Waals surface area contributed by atoms with Crippen LogP contribution in [0.15, 0.2) is 24.3 Å². The van der Waals surface area contributed by atoms with Gasteiger partial charge in [0, 0.05) is 17.0 Å². The van der Waals surface area contributed by atoms with Gasteiger partial charge < -0.3 is 10.8 Å². The van der Waals surface area contributed by atoms with Crippen LogP contribution < -0.4 is 5.73 Å².